The van der Waals surface area contributed by atoms with Crippen LogP contribution in [0.5, 0.6) is 5.75 Å². The van der Waals surface area contributed by atoms with E-state index in [9.17, 15) is 0 Å². The molecular formula is C11H12NO. The average molecular weight is 174 g/mol. The predicted octanol–water partition coefficient (Wildman–Crippen LogP) is 2.68. The molecule has 1 heterocycles. The zero-order valence-electron chi connectivity index (χ0n) is 7.85. The Morgan fingerprint density at radius 3 is 3.08 bits per heavy atom. The number of hydrogen-bond acceptors (Lipinski definition) is 1. The summed E-state index contributed by atoms with van der Waals surface area (Å²) < 4.78 is 5.39. The standard InChI is InChI=1S/C11H12NO/c1-3-13-10-4-5-11-9(7-10)6-8(2)12-11/h4-5,7,12H,3H2,1-2H3. The molecule has 0 saturated carbocycles. The third kappa shape index (κ3) is 1.52. The number of fused-ring (bicyclic) bond motifs is 1. The molecule has 13 heavy (non-hydrogen) atoms. The Balaban J connectivity index is 2.48. The van der Waals surface area contributed by atoms with E-state index < -0.39 is 0 Å². The number of hydrogen-bond donors (Lipinski definition) is 1. The molecule has 0 fully saturated rings. The van der Waals surface area contributed by atoms with E-state index in [1.165, 1.54) is 0 Å². The van der Waals surface area contributed by atoms with Crippen LogP contribution in [0, 0.1) is 13.0 Å². The van der Waals surface area contributed by atoms with E-state index in [1.54, 1.807) is 0 Å². The van der Waals surface area contributed by atoms with Crippen molar-refractivity contribution in [1.82, 2.24) is 4.98 Å². The topological polar surface area (TPSA) is 25.0 Å². The highest BCUT2D eigenvalue weighted by atomic mass is 16.5. The van der Waals surface area contributed by atoms with Crippen LogP contribution in [-0.4, -0.2) is 11.6 Å². The van der Waals surface area contributed by atoms with Gasteiger partial charge in [0.05, 0.1) is 6.61 Å². The smallest absolute Gasteiger partial charge is 0.120 e. The van der Waals surface area contributed by atoms with Gasteiger partial charge in [-0.3, -0.25) is 0 Å². The molecule has 0 bridgehead atoms. The zero-order valence-corrected chi connectivity index (χ0v) is 7.85. The van der Waals surface area contributed by atoms with Gasteiger partial charge in [0, 0.05) is 22.7 Å². The predicted molar refractivity (Wildman–Crippen MR) is 53.0 cm³/mol. The fourth-order valence-corrected chi connectivity index (χ4v) is 1.43. The molecule has 1 N–H and O–H groups in total. The first-order valence-corrected chi connectivity index (χ1v) is 4.44. The number of aromatic amines is 1. The van der Waals surface area contributed by atoms with Gasteiger partial charge in [0.15, 0.2) is 0 Å². The average Bonchev–Trinajstić information content (AvgIpc) is 2.44. The number of ether oxygens (including phenoxy) is 1. The number of H-pyrrole nitrogens is 1. The Labute approximate surface area is 77.5 Å². The maximum Gasteiger partial charge on any atom is 0.120 e. The molecule has 0 spiro atoms. The van der Waals surface area contributed by atoms with Crippen LogP contribution in [-0.2, 0) is 0 Å². The summed E-state index contributed by atoms with van der Waals surface area (Å²) in [5.41, 5.74) is 2.17. The van der Waals surface area contributed by atoms with Crippen LogP contribution >= 0.6 is 0 Å². The third-order valence-electron chi connectivity index (χ3n) is 1.95. The lowest BCUT2D eigenvalue weighted by Gasteiger charge is -2.01. The van der Waals surface area contributed by atoms with E-state index in [4.69, 9.17) is 4.74 Å². The molecule has 1 radical (unpaired) electrons. The molecule has 0 aliphatic carbocycles. The van der Waals surface area contributed by atoms with Crippen LogP contribution in [0.3, 0.4) is 0 Å². The van der Waals surface area contributed by atoms with Crippen molar-refractivity contribution in [1.29, 1.82) is 0 Å². The van der Waals surface area contributed by atoms with Crippen LogP contribution < -0.4 is 4.74 Å². The second-order valence-electron chi connectivity index (χ2n) is 3.02. The van der Waals surface area contributed by atoms with Gasteiger partial charge < -0.3 is 9.72 Å². The molecule has 0 saturated heterocycles. The minimum absolute atomic E-state index is 0.703. The molecule has 0 aliphatic rings. The molecule has 2 nitrogen and oxygen atoms in total. The number of rotatable bonds is 2. The van der Waals surface area contributed by atoms with E-state index in [2.05, 4.69) is 11.1 Å². The fourth-order valence-electron chi connectivity index (χ4n) is 1.43. The van der Waals surface area contributed by atoms with Gasteiger partial charge in [-0.1, -0.05) is 0 Å². The SMILES string of the molecule is CCOc1ccc2[nH]c(C)[c]c2c1. The summed E-state index contributed by atoms with van der Waals surface area (Å²) in [6, 6.07) is 9.21. The minimum atomic E-state index is 0.703. The van der Waals surface area contributed by atoms with Crippen LogP contribution in [0.2, 0.25) is 0 Å². The molecular weight excluding hydrogens is 162 g/mol. The Bertz CT molecular complexity index is 417. The van der Waals surface area contributed by atoms with Gasteiger partial charge in [-0.25, -0.2) is 0 Å². The van der Waals surface area contributed by atoms with E-state index in [0.717, 1.165) is 22.3 Å². The molecule has 0 amide bonds. The summed E-state index contributed by atoms with van der Waals surface area (Å²) in [6.07, 6.45) is 0. The molecule has 1 aromatic heterocycles. The van der Waals surface area contributed by atoms with Gasteiger partial charge in [-0.15, -0.1) is 0 Å². The highest BCUT2D eigenvalue weighted by Crippen LogP contribution is 2.20. The monoisotopic (exact) mass is 174 g/mol. The van der Waals surface area contributed by atoms with Crippen molar-refractivity contribution in [3.63, 3.8) is 0 Å². The van der Waals surface area contributed by atoms with Gasteiger partial charge >= 0.3 is 0 Å². The first-order valence-electron chi connectivity index (χ1n) is 4.44. The largest absolute Gasteiger partial charge is 0.494 e. The lowest BCUT2D eigenvalue weighted by Crippen LogP contribution is -1.90. The minimum Gasteiger partial charge on any atom is -0.494 e. The maximum absolute atomic E-state index is 5.39. The molecule has 0 atom stereocenters. The van der Waals surface area contributed by atoms with Crippen molar-refractivity contribution in [2.45, 2.75) is 13.8 Å². The van der Waals surface area contributed by atoms with Crippen molar-refractivity contribution in [2.75, 3.05) is 6.61 Å². The van der Waals surface area contributed by atoms with E-state index in [0.29, 0.717) is 6.61 Å². The first kappa shape index (κ1) is 8.17. The van der Waals surface area contributed by atoms with Crippen molar-refractivity contribution >= 4 is 10.9 Å². The number of nitrogens with one attached hydrogen (secondary N) is 1. The molecule has 2 aromatic rings. The van der Waals surface area contributed by atoms with E-state index in [1.807, 2.05) is 32.0 Å². The summed E-state index contributed by atoms with van der Waals surface area (Å²) in [5, 5.41) is 1.09. The molecule has 2 rings (SSSR count). The van der Waals surface area contributed by atoms with Gasteiger partial charge in [-0.2, -0.15) is 0 Å². The highest BCUT2D eigenvalue weighted by Gasteiger charge is 1.99. The molecule has 2 heteroatoms. The van der Waals surface area contributed by atoms with Crippen molar-refractivity contribution in [2.24, 2.45) is 0 Å². The Morgan fingerprint density at radius 2 is 2.31 bits per heavy atom. The van der Waals surface area contributed by atoms with E-state index in [-0.39, 0.29) is 0 Å². The van der Waals surface area contributed by atoms with Crippen molar-refractivity contribution in [3.8, 4) is 5.75 Å². The van der Waals surface area contributed by atoms with Crippen molar-refractivity contribution in [3.05, 3.63) is 30.0 Å². The molecule has 0 aliphatic heterocycles. The highest BCUT2D eigenvalue weighted by molar-refractivity contribution is 5.81. The summed E-state index contributed by atoms with van der Waals surface area (Å²) >= 11 is 0. The second kappa shape index (κ2) is 3.13. The first-order chi connectivity index (χ1) is 6.29. The number of benzene rings is 1. The van der Waals surface area contributed by atoms with Crippen LogP contribution in [0.15, 0.2) is 18.2 Å². The van der Waals surface area contributed by atoms with Gasteiger partial charge in [-0.05, 0) is 32.0 Å². The summed E-state index contributed by atoms with van der Waals surface area (Å²) in [6.45, 7) is 4.69. The van der Waals surface area contributed by atoms with Crippen LogP contribution in [0.25, 0.3) is 10.9 Å². The van der Waals surface area contributed by atoms with Crippen LogP contribution in [0.1, 0.15) is 12.6 Å². The maximum atomic E-state index is 5.39. The molecule has 67 valence electrons. The fraction of sp³-hybridized carbons (Fsp3) is 0.273. The lowest BCUT2D eigenvalue weighted by molar-refractivity contribution is 0.341. The Morgan fingerprint density at radius 1 is 1.46 bits per heavy atom. The summed E-state index contributed by atoms with van der Waals surface area (Å²) in [5.74, 6) is 0.908. The van der Waals surface area contributed by atoms with Crippen LogP contribution in [0.4, 0.5) is 0 Å². The third-order valence-corrected chi connectivity index (χ3v) is 1.95. The normalized spacial score (nSPS) is 10.6. The van der Waals surface area contributed by atoms with E-state index >= 15 is 0 Å². The Kier molecular flexibility index (Phi) is 1.97. The van der Waals surface area contributed by atoms with Gasteiger partial charge in [0.1, 0.15) is 5.75 Å². The molecule has 1 aromatic carbocycles. The van der Waals surface area contributed by atoms with Crippen molar-refractivity contribution < 1.29 is 4.74 Å². The quantitative estimate of drug-likeness (QED) is 0.743. The molecule has 0 unspecified atom stereocenters. The zero-order chi connectivity index (χ0) is 9.26. The van der Waals surface area contributed by atoms with Gasteiger partial charge in [0.2, 0.25) is 0 Å². The number of aryl methyl sites for hydroxylation is 1. The Hall–Kier alpha value is -1.44. The summed E-state index contributed by atoms with van der Waals surface area (Å²) in [7, 11) is 0. The summed E-state index contributed by atoms with van der Waals surface area (Å²) in [4.78, 5) is 3.22. The lowest BCUT2D eigenvalue weighted by atomic mass is 10.2. The second-order valence-corrected chi connectivity index (χ2v) is 3.02. The number of aromatic nitrogens is 1. The van der Waals surface area contributed by atoms with Gasteiger partial charge in [0.25, 0.3) is 0 Å².